The van der Waals surface area contributed by atoms with Crippen LogP contribution in [0.2, 0.25) is 0 Å². The Kier molecular flexibility index (Phi) is 10.7. The summed E-state index contributed by atoms with van der Waals surface area (Å²) in [7, 11) is 0. The van der Waals surface area contributed by atoms with Crippen LogP contribution in [0.4, 0.5) is 0 Å². The average molecular weight is 483 g/mol. The largest absolute Gasteiger partial charge is 0.467 e. The molecule has 2 unspecified atom stereocenters. The van der Waals surface area contributed by atoms with Gasteiger partial charge in [-0.15, -0.1) is 0 Å². The third-order valence-corrected chi connectivity index (χ3v) is 5.45. The van der Waals surface area contributed by atoms with E-state index >= 15 is 0 Å². The molecule has 2 atom stereocenters. The van der Waals surface area contributed by atoms with Crippen molar-refractivity contribution in [2.24, 2.45) is 10.7 Å². The summed E-state index contributed by atoms with van der Waals surface area (Å²) < 4.78 is 16.8. The zero-order chi connectivity index (χ0) is 24.9. The summed E-state index contributed by atoms with van der Waals surface area (Å²) in [5, 5.41) is 2.77. The van der Waals surface area contributed by atoms with E-state index in [4.69, 9.17) is 24.9 Å². The molecular weight excluding hydrogens is 448 g/mol. The summed E-state index contributed by atoms with van der Waals surface area (Å²) in [5.41, 5.74) is 8.13. The van der Waals surface area contributed by atoms with Crippen molar-refractivity contribution in [3.63, 3.8) is 0 Å². The molecule has 0 spiro atoms. The van der Waals surface area contributed by atoms with Crippen molar-refractivity contribution in [1.82, 2.24) is 10.2 Å². The topological polar surface area (TPSA) is 115 Å². The normalized spacial score (nSPS) is 16.9. The molecule has 0 saturated carbocycles. The molecular formula is C26H34N4O5. The van der Waals surface area contributed by atoms with Crippen LogP contribution >= 0.6 is 0 Å². The van der Waals surface area contributed by atoms with Gasteiger partial charge in [0, 0.05) is 25.2 Å². The standard InChI is InChI=1S/C26H34N4O5/c1-20-25(35-26(29-20)21-7-3-2-4-8-21)23-10-6-5-9-22(23)17-30(19-31)18-24(32)28-12-14-34-16-15-33-13-11-27/h2-10,19-20,25H,11-18,27H2,1H3,(H,28,32). The summed E-state index contributed by atoms with van der Waals surface area (Å²) in [5.74, 6) is 0.357. The molecule has 0 saturated heterocycles. The Morgan fingerprint density at radius 3 is 2.54 bits per heavy atom. The molecule has 2 aromatic carbocycles. The number of carbonyl (C=O) groups is 2. The number of ether oxygens (including phenoxy) is 3. The monoisotopic (exact) mass is 482 g/mol. The Labute approximate surface area is 206 Å². The van der Waals surface area contributed by atoms with E-state index in [-0.39, 0.29) is 31.1 Å². The first kappa shape index (κ1) is 26.3. The number of nitrogens with two attached hydrogens (primary N) is 1. The maximum Gasteiger partial charge on any atom is 0.239 e. The molecule has 2 aromatic rings. The van der Waals surface area contributed by atoms with E-state index in [0.29, 0.717) is 51.8 Å². The van der Waals surface area contributed by atoms with E-state index in [1.807, 2.05) is 61.5 Å². The van der Waals surface area contributed by atoms with Crippen molar-refractivity contribution in [2.75, 3.05) is 46.1 Å². The van der Waals surface area contributed by atoms with Crippen molar-refractivity contribution in [3.05, 3.63) is 71.3 Å². The first-order valence-electron chi connectivity index (χ1n) is 11.8. The maximum absolute atomic E-state index is 12.3. The molecule has 1 aliphatic rings. The number of carbonyl (C=O) groups excluding carboxylic acids is 2. The van der Waals surface area contributed by atoms with Crippen molar-refractivity contribution < 1.29 is 23.8 Å². The molecule has 0 bridgehead atoms. The number of amides is 2. The Bertz CT molecular complexity index is 969. The third-order valence-electron chi connectivity index (χ3n) is 5.45. The minimum Gasteiger partial charge on any atom is -0.467 e. The van der Waals surface area contributed by atoms with E-state index in [0.717, 1.165) is 16.7 Å². The second-order valence-electron chi connectivity index (χ2n) is 8.15. The van der Waals surface area contributed by atoms with Crippen molar-refractivity contribution >= 4 is 18.2 Å². The van der Waals surface area contributed by atoms with Gasteiger partial charge in [-0.1, -0.05) is 42.5 Å². The molecule has 1 heterocycles. The van der Waals surface area contributed by atoms with Crippen LogP contribution in [-0.4, -0.2) is 75.2 Å². The van der Waals surface area contributed by atoms with Crippen LogP contribution in [-0.2, 0) is 30.3 Å². The predicted molar refractivity (Wildman–Crippen MR) is 133 cm³/mol. The minimum atomic E-state index is -0.269. The van der Waals surface area contributed by atoms with Gasteiger partial charge >= 0.3 is 0 Å². The van der Waals surface area contributed by atoms with Gasteiger partial charge in [0.2, 0.25) is 18.2 Å². The van der Waals surface area contributed by atoms with Gasteiger partial charge in [-0.25, -0.2) is 4.99 Å². The fourth-order valence-electron chi connectivity index (χ4n) is 3.76. The van der Waals surface area contributed by atoms with Gasteiger partial charge in [-0.05, 0) is 30.2 Å². The highest BCUT2D eigenvalue weighted by Crippen LogP contribution is 2.33. The Morgan fingerprint density at radius 1 is 1.09 bits per heavy atom. The molecule has 9 heteroatoms. The highest BCUT2D eigenvalue weighted by molar-refractivity contribution is 5.95. The van der Waals surface area contributed by atoms with Crippen LogP contribution < -0.4 is 11.1 Å². The summed E-state index contributed by atoms with van der Waals surface area (Å²) in [6.45, 7) is 4.83. The van der Waals surface area contributed by atoms with Crippen LogP contribution in [0, 0.1) is 0 Å². The minimum absolute atomic E-state index is 0.0513. The smallest absolute Gasteiger partial charge is 0.239 e. The SMILES string of the molecule is CC1N=C(c2ccccc2)OC1c1ccccc1CN(C=O)CC(=O)NCCOCCOCCN. The highest BCUT2D eigenvalue weighted by Gasteiger charge is 2.31. The second kappa shape index (κ2) is 14.2. The maximum atomic E-state index is 12.3. The first-order chi connectivity index (χ1) is 17.1. The van der Waals surface area contributed by atoms with Gasteiger partial charge in [0.1, 0.15) is 6.10 Å². The Morgan fingerprint density at radius 2 is 1.80 bits per heavy atom. The molecule has 3 N–H and O–H groups in total. The van der Waals surface area contributed by atoms with E-state index < -0.39 is 0 Å². The zero-order valence-electron chi connectivity index (χ0n) is 20.1. The number of nitrogens with one attached hydrogen (secondary N) is 1. The lowest BCUT2D eigenvalue weighted by atomic mass is 9.98. The fourth-order valence-corrected chi connectivity index (χ4v) is 3.76. The summed E-state index contributed by atoms with van der Waals surface area (Å²) >= 11 is 0. The van der Waals surface area contributed by atoms with Crippen LogP contribution in [0.5, 0.6) is 0 Å². The molecule has 0 radical (unpaired) electrons. The lowest BCUT2D eigenvalue weighted by Crippen LogP contribution is -2.38. The first-order valence-corrected chi connectivity index (χ1v) is 11.8. The highest BCUT2D eigenvalue weighted by atomic mass is 16.5. The molecule has 3 rings (SSSR count). The van der Waals surface area contributed by atoms with Gasteiger partial charge in [-0.3, -0.25) is 9.59 Å². The fraction of sp³-hybridized carbons (Fsp3) is 0.423. The van der Waals surface area contributed by atoms with Crippen LogP contribution in [0.1, 0.15) is 29.7 Å². The molecule has 188 valence electrons. The number of nitrogens with zero attached hydrogens (tertiary/aromatic N) is 2. The van der Waals surface area contributed by atoms with E-state index in [1.165, 1.54) is 4.90 Å². The molecule has 0 aromatic heterocycles. The van der Waals surface area contributed by atoms with E-state index in [9.17, 15) is 9.59 Å². The number of rotatable bonds is 15. The summed E-state index contributed by atoms with van der Waals surface area (Å²) in [4.78, 5) is 30.2. The van der Waals surface area contributed by atoms with Crippen LogP contribution in [0.25, 0.3) is 0 Å². The Balaban J connectivity index is 1.51. The average Bonchev–Trinajstić information content (AvgIpc) is 3.27. The molecule has 2 amide bonds. The van der Waals surface area contributed by atoms with Gasteiger partial charge in [-0.2, -0.15) is 0 Å². The van der Waals surface area contributed by atoms with Crippen molar-refractivity contribution in [1.29, 1.82) is 0 Å². The number of hydrogen-bond acceptors (Lipinski definition) is 7. The lowest BCUT2D eigenvalue weighted by Gasteiger charge is -2.22. The van der Waals surface area contributed by atoms with Gasteiger partial charge < -0.3 is 30.2 Å². The van der Waals surface area contributed by atoms with E-state index in [2.05, 4.69) is 5.32 Å². The molecule has 0 aliphatic carbocycles. The summed E-state index contributed by atoms with van der Waals surface area (Å²) in [6, 6.07) is 17.5. The third kappa shape index (κ3) is 8.17. The van der Waals surface area contributed by atoms with Gasteiger partial charge in [0.15, 0.2) is 0 Å². The number of benzene rings is 2. The number of aliphatic imine (C=N–C) groups is 1. The molecule has 0 fully saturated rings. The van der Waals surface area contributed by atoms with Gasteiger partial charge in [0.25, 0.3) is 0 Å². The quantitative estimate of drug-likeness (QED) is 0.295. The van der Waals surface area contributed by atoms with Crippen LogP contribution in [0.3, 0.4) is 0 Å². The summed E-state index contributed by atoms with van der Waals surface area (Å²) in [6.07, 6.45) is 0.418. The number of hydrogen-bond donors (Lipinski definition) is 2. The Hall–Kier alpha value is -3.27. The van der Waals surface area contributed by atoms with Crippen molar-refractivity contribution in [3.8, 4) is 0 Å². The lowest BCUT2D eigenvalue weighted by molar-refractivity contribution is -0.128. The molecule has 9 nitrogen and oxygen atoms in total. The molecule has 35 heavy (non-hydrogen) atoms. The van der Waals surface area contributed by atoms with E-state index in [1.54, 1.807) is 0 Å². The zero-order valence-corrected chi connectivity index (χ0v) is 20.1. The van der Waals surface area contributed by atoms with Crippen molar-refractivity contribution in [2.45, 2.75) is 25.6 Å². The molecule has 1 aliphatic heterocycles. The second-order valence-corrected chi connectivity index (χ2v) is 8.15. The van der Waals surface area contributed by atoms with Crippen LogP contribution in [0.15, 0.2) is 59.6 Å². The predicted octanol–water partition coefficient (Wildman–Crippen LogP) is 1.66. The van der Waals surface area contributed by atoms with Gasteiger partial charge in [0.05, 0.1) is 39.0 Å².